The van der Waals surface area contributed by atoms with Crippen LogP contribution in [0.3, 0.4) is 0 Å². The molecule has 0 amide bonds. The lowest BCUT2D eigenvalue weighted by molar-refractivity contribution is 0.410. The van der Waals surface area contributed by atoms with Gasteiger partial charge in [0.05, 0.1) is 17.0 Å². The molecule has 1 heterocycles. The Balaban J connectivity index is 1.92. The Bertz CT molecular complexity index is 890. The Morgan fingerprint density at radius 3 is 1.44 bits per heavy atom. The van der Waals surface area contributed by atoms with Gasteiger partial charge in [-0.3, -0.25) is 5.32 Å². The molecule has 0 unspecified atom stereocenters. The molecular weight excluding hydrogens is 354 g/mol. The van der Waals surface area contributed by atoms with Crippen molar-refractivity contribution < 1.29 is 8.42 Å². The first kappa shape index (κ1) is 18.0. The molecule has 4 heteroatoms. The zero-order chi connectivity index (χ0) is 18.7. The van der Waals surface area contributed by atoms with Gasteiger partial charge in [0, 0.05) is 6.04 Å². The molecule has 0 saturated carbocycles. The minimum absolute atomic E-state index is 0.0874. The van der Waals surface area contributed by atoms with Crippen LogP contribution in [0.4, 0.5) is 0 Å². The first-order valence-electron chi connectivity index (χ1n) is 9.25. The largest absolute Gasteiger partial charge is 0.296 e. The first-order valence-corrected chi connectivity index (χ1v) is 11.1. The van der Waals surface area contributed by atoms with Gasteiger partial charge in [0.25, 0.3) is 0 Å². The number of nitrogens with one attached hydrogen (secondary N) is 1. The van der Waals surface area contributed by atoms with Gasteiger partial charge in [-0.25, -0.2) is 8.42 Å². The van der Waals surface area contributed by atoms with Crippen molar-refractivity contribution in [3.8, 4) is 0 Å². The molecule has 0 radical (unpaired) electrons. The van der Waals surface area contributed by atoms with E-state index in [4.69, 9.17) is 0 Å². The average molecular weight is 378 g/mol. The van der Waals surface area contributed by atoms with Crippen LogP contribution in [0.25, 0.3) is 0 Å². The molecular formula is C23H23NO2S. The monoisotopic (exact) mass is 377 g/mol. The van der Waals surface area contributed by atoms with E-state index in [2.05, 4.69) is 41.7 Å². The summed E-state index contributed by atoms with van der Waals surface area (Å²) in [6.07, 6.45) is 0.636. The highest BCUT2D eigenvalue weighted by Crippen LogP contribution is 2.38. The minimum atomic E-state index is -2.98. The summed E-state index contributed by atoms with van der Waals surface area (Å²) < 4.78 is 24.2. The van der Waals surface area contributed by atoms with Crippen molar-refractivity contribution in [3.63, 3.8) is 0 Å². The van der Waals surface area contributed by atoms with E-state index in [-0.39, 0.29) is 17.5 Å². The van der Waals surface area contributed by atoms with Gasteiger partial charge >= 0.3 is 0 Å². The Hall–Kier alpha value is -2.43. The second-order valence-corrected chi connectivity index (χ2v) is 9.32. The molecule has 1 fully saturated rings. The van der Waals surface area contributed by atoms with E-state index in [0.29, 0.717) is 6.42 Å². The Morgan fingerprint density at radius 2 is 1.11 bits per heavy atom. The molecule has 3 nitrogen and oxygen atoms in total. The molecule has 4 rings (SSSR count). The summed E-state index contributed by atoms with van der Waals surface area (Å²) in [6, 6.07) is 30.8. The van der Waals surface area contributed by atoms with E-state index in [1.807, 2.05) is 54.6 Å². The fourth-order valence-electron chi connectivity index (χ4n) is 4.03. The first-order chi connectivity index (χ1) is 13.1. The third-order valence-electron chi connectivity index (χ3n) is 5.27. The summed E-state index contributed by atoms with van der Waals surface area (Å²) in [5.41, 5.74) is 2.71. The number of hydrogen-bond donors (Lipinski definition) is 1. The Kier molecular flexibility index (Phi) is 4.85. The molecule has 1 saturated heterocycles. The van der Waals surface area contributed by atoms with Gasteiger partial charge in [-0.05, 0) is 23.1 Å². The van der Waals surface area contributed by atoms with Crippen LogP contribution < -0.4 is 5.32 Å². The number of rotatable bonds is 5. The summed E-state index contributed by atoms with van der Waals surface area (Å²) >= 11 is 0. The zero-order valence-electron chi connectivity index (χ0n) is 15.1. The van der Waals surface area contributed by atoms with Crippen molar-refractivity contribution in [1.29, 1.82) is 0 Å². The van der Waals surface area contributed by atoms with Crippen molar-refractivity contribution in [3.05, 3.63) is 108 Å². The van der Waals surface area contributed by atoms with E-state index in [1.54, 1.807) is 0 Å². The highest BCUT2D eigenvalue weighted by atomic mass is 32.2. The molecule has 0 aromatic heterocycles. The second-order valence-electron chi connectivity index (χ2n) is 7.09. The predicted molar refractivity (Wildman–Crippen MR) is 109 cm³/mol. The maximum absolute atomic E-state index is 12.1. The SMILES string of the molecule is O=S1(=O)CC[C@@H](NC(c2ccccc2)(c2ccccc2)c2ccccc2)C1. The summed E-state index contributed by atoms with van der Waals surface area (Å²) in [7, 11) is -2.98. The van der Waals surface area contributed by atoms with E-state index in [9.17, 15) is 8.42 Å². The predicted octanol–water partition coefficient (Wildman–Crippen LogP) is 3.76. The maximum Gasteiger partial charge on any atom is 0.151 e. The van der Waals surface area contributed by atoms with Crippen LogP contribution in [0, 0.1) is 0 Å². The lowest BCUT2D eigenvalue weighted by Gasteiger charge is -2.39. The fraction of sp³-hybridized carbons (Fsp3) is 0.217. The third-order valence-corrected chi connectivity index (χ3v) is 7.04. The Labute approximate surface area is 161 Å². The summed E-state index contributed by atoms with van der Waals surface area (Å²) in [4.78, 5) is 0. The molecule has 1 N–H and O–H groups in total. The van der Waals surface area contributed by atoms with Crippen molar-refractivity contribution >= 4 is 9.84 Å². The molecule has 0 bridgehead atoms. The standard InChI is InChI=1S/C23H23NO2S/c25-27(26)17-16-22(18-27)24-23(19-10-4-1-5-11-19,20-12-6-2-7-13-20)21-14-8-3-9-15-21/h1-15,22,24H,16-18H2/t22-/m1/s1. The minimum Gasteiger partial charge on any atom is -0.296 e. The Morgan fingerprint density at radius 1 is 0.704 bits per heavy atom. The van der Waals surface area contributed by atoms with E-state index >= 15 is 0 Å². The highest BCUT2D eigenvalue weighted by molar-refractivity contribution is 7.91. The summed E-state index contributed by atoms with van der Waals surface area (Å²) in [6.45, 7) is 0. The van der Waals surface area contributed by atoms with Crippen molar-refractivity contribution in [2.24, 2.45) is 0 Å². The van der Waals surface area contributed by atoms with Crippen LogP contribution in [-0.2, 0) is 15.4 Å². The highest BCUT2D eigenvalue weighted by Gasteiger charge is 2.40. The molecule has 138 valence electrons. The van der Waals surface area contributed by atoms with Crippen molar-refractivity contribution in [2.75, 3.05) is 11.5 Å². The van der Waals surface area contributed by atoms with Gasteiger partial charge in [-0.2, -0.15) is 0 Å². The average Bonchev–Trinajstić information content (AvgIpc) is 3.06. The van der Waals surface area contributed by atoms with Gasteiger partial charge in [-0.15, -0.1) is 0 Å². The van der Waals surface area contributed by atoms with Gasteiger partial charge < -0.3 is 0 Å². The van der Waals surface area contributed by atoms with Crippen molar-refractivity contribution in [2.45, 2.75) is 18.0 Å². The summed E-state index contributed by atoms with van der Waals surface area (Å²) in [5, 5.41) is 3.75. The molecule has 1 atom stereocenters. The molecule has 0 spiro atoms. The second kappa shape index (κ2) is 7.29. The molecule has 0 aliphatic carbocycles. The molecule has 3 aromatic carbocycles. The van der Waals surface area contributed by atoms with Crippen LogP contribution in [0.5, 0.6) is 0 Å². The van der Waals surface area contributed by atoms with Crippen LogP contribution in [-0.4, -0.2) is 26.0 Å². The molecule has 1 aliphatic heterocycles. The summed E-state index contributed by atoms with van der Waals surface area (Å²) in [5.74, 6) is 0.431. The quantitative estimate of drug-likeness (QED) is 0.689. The topological polar surface area (TPSA) is 46.2 Å². The van der Waals surface area contributed by atoms with E-state index in [0.717, 1.165) is 16.7 Å². The zero-order valence-corrected chi connectivity index (χ0v) is 15.9. The normalized spacial score (nSPS) is 19.0. The smallest absolute Gasteiger partial charge is 0.151 e. The van der Waals surface area contributed by atoms with E-state index in [1.165, 1.54) is 0 Å². The number of benzene rings is 3. The lowest BCUT2D eigenvalue weighted by atomic mass is 9.76. The van der Waals surface area contributed by atoms with Gasteiger partial charge in [0.2, 0.25) is 0 Å². The molecule has 1 aliphatic rings. The third kappa shape index (κ3) is 3.55. The van der Waals surface area contributed by atoms with Crippen LogP contribution >= 0.6 is 0 Å². The van der Waals surface area contributed by atoms with E-state index < -0.39 is 15.4 Å². The van der Waals surface area contributed by atoms with Crippen LogP contribution in [0.2, 0.25) is 0 Å². The van der Waals surface area contributed by atoms with Crippen LogP contribution in [0.1, 0.15) is 23.1 Å². The van der Waals surface area contributed by atoms with Gasteiger partial charge in [0.1, 0.15) is 0 Å². The lowest BCUT2D eigenvalue weighted by Crippen LogP contribution is -2.50. The van der Waals surface area contributed by atoms with Gasteiger partial charge in [0.15, 0.2) is 9.84 Å². The number of hydrogen-bond acceptors (Lipinski definition) is 3. The van der Waals surface area contributed by atoms with Crippen molar-refractivity contribution in [1.82, 2.24) is 5.32 Å². The van der Waals surface area contributed by atoms with Crippen LogP contribution in [0.15, 0.2) is 91.0 Å². The number of sulfone groups is 1. The fourth-order valence-corrected chi connectivity index (χ4v) is 5.70. The van der Waals surface area contributed by atoms with Gasteiger partial charge in [-0.1, -0.05) is 91.0 Å². The maximum atomic E-state index is 12.1. The molecule has 27 heavy (non-hydrogen) atoms. The molecule has 3 aromatic rings.